The predicted molar refractivity (Wildman–Crippen MR) is 78.8 cm³/mol. The Bertz CT molecular complexity index is 673. The van der Waals surface area contributed by atoms with Crippen molar-refractivity contribution < 1.29 is 13.9 Å². The number of ether oxygens (including phenoxy) is 1. The fourth-order valence-corrected chi connectivity index (χ4v) is 2.60. The highest BCUT2D eigenvalue weighted by Gasteiger charge is 2.28. The number of carbonyl (C=O) groups excluding carboxylic acids is 1. The van der Waals surface area contributed by atoms with Crippen molar-refractivity contribution in [3.8, 4) is 0 Å². The van der Waals surface area contributed by atoms with Gasteiger partial charge >= 0.3 is 0 Å². The highest BCUT2D eigenvalue weighted by atomic mass is 19.1. The third-order valence-corrected chi connectivity index (χ3v) is 3.90. The first kappa shape index (κ1) is 15.5. The summed E-state index contributed by atoms with van der Waals surface area (Å²) in [6.07, 6.45) is 0.667. The molecule has 1 amide bonds. The van der Waals surface area contributed by atoms with Crippen LogP contribution in [0.3, 0.4) is 0 Å². The van der Waals surface area contributed by atoms with Crippen LogP contribution in [0.1, 0.15) is 23.9 Å². The lowest BCUT2D eigenvalue weighted by Crippen LogP contribution is -2.43. The van der Waals surface area contributed by atoms with Crippen LogP contribution < -0.4 is 0 Å². The average Bonchev–Trinajstić information content (AvgIpc) is 3.00. The third kappa shape index (κ3) is 3.70. The van der Waals surface area contributed by atoms with Gasteiger partial charge in [-0.2, -0.15) is 0 Å². The van der Waals surface area contributed by atoms with Crippen LogP contribution in [0.4, 0.5) is 4.39 Å². The van der Waals surface area contributed by atoms with Crippen molar-refractivity contribution >= 4 is 5.91 Å². The lowest BCUT2D eigenvalue weighted by atomic mass is 10.1. The predicted octanol–water partition coefficient (Wildman–Crippen LogP) is 0.882. The summed E-state index contributed by atoms with van der Waals surface area (Å²) in [5.41, 5.74) is 0.946. The molecule has 23 heavy (non-hydrogen) atoms. The van der Waals surface area contributed by atoms with E-state index in [2.05, 4.69) is 15.5 Å². The maximum absolute atomic E-state index is 12.9. The fourth-order valence-electron chi connectivity index (χ4n) is 2.60. The molecular formula is C15H18FN5O2. The van der Waals surface area contributed by atoms with Gasteiger partial charge in [0.1, 0.15) is 11.9 Å². The van der Waals surface area contributed by atoms with Crippen molar-refractivity contribution in [3.63, 3.8) is 0 Å². The SMILES string of the molecule is Cn1nnnc1C1CN(C(=O)CCc2ccc(F)cc2)CCO1. The van der Waals surface area contributed by atoms with Gasteiger partial charge in [-0.05, 0) is 34.5 Å². The van der Waals surface area contributed by atoms with E-state index in [0.29, 0.717) is 38.4 Å². The molecule has 1 aromatic carbocycles. The Morgan fingerprint density at radius 1 is 1.39 bits per heavy atom. The standard InChI is InChI=1S/C15H18FN5O2/c1-20-15(17-18-19-20)13-10-21(8-9-23-13)14(22)7-4-11-2-5-12(16)6-3-11/h2-3,5-6,13H,4,7-10H2,1H3. The van der Waals surface area contributed by atoms with Crippen LogP contribution in [0.2, 0.25) is 0 Å². The number of amides is 1. The van der Waals surface area contributed by atoms with Gasteiger partial charge < -0.3 is 9.64 Å². The molecule has 0 aliphatic carbocycles. The molecule has 1 fully saturated rings. The second kappa shape index (κ2) is 6.82. The largest absolute Gasteiger partial charge is 0.366 e. The number of morpholine rings is 1. The van der Waals surface area contributed by atoms with Crippen molar-refractivity contribution in [3.05, 3.63) is 41.5 Å². The fraction of sp³-hybridized carbons (Fsp3) is 0.467. The van der Waals surface area contributed by atoms with Gasteiger partial charge in [0.05, 0.1) is 13.2 Å². The highest BCUT2D eigenvalue weighted by Crippen LogP contribution is 2.20. The molecule has 1 aliphatic heterocycles. The zero-order valence-corrected chi connectivity index (χ0v) is 12.9. The normalized spacial score (nSPS) is 18.2. The first-order valence-corrected chi connectivity index (χ1v) is 7.49. The highest BCUT2D eigenvalue weighted by molar-refractivity contribution is 5.76. The summed E-state index contributed by atoms with van der Waals surface area (Å²) in [6.45, 7) is 1.46. The van der Waals surface area contributed by atoms with E-state index in [1.807, 2.05) is 0 Å². The number of hydrogen-bond donors (Lipinski definition) is 0. The summed E-state index contributed by atoms with van der Waals surface area (Å²) >= 11 is 0. The molecular weight excluding hydrogens is 301 g/mol. The van der Waals surface area contributed by atoms with Crippen molar-refractivity contribution in [1.82, 2.24) is 25.1 Å². The summed E-state index contributed by atoms with van der Waals surface area (Å²) in [5, 5.41) is 11.3. The quantitative estimate of drug-likeness (QED) is 0.836. The zero-order chi connectivity index (χ0) is 16.2. The van der Waals surface area contributed by atoms with Crippen molar-refractivity contribution in [2.24, 2.45) is 7.05 Å². The van der Waals surface area contributed by atoms with E-state index in [-0.39, 0.29) is 17.8 Å². The van der Waals surface area contributed by atoms with E-state index in [1.54, 1.807) is 28.8 Å². The molecule has 1 saturated heterocycles. The maximum Gasteiger partial charge on any atom is 0.223 e. The van der Waals surface area contributed by atoms with E-state index >= 15 is 0 Å². The Morgan fingerprint density at radius 3 is 2.87 bits per heavy atom. The van der Waals surface area contributed by atoms with Crippen LogP contribution in [0.5, 0.6) is 0 Å². The molecule has 1 aliphatic rings. The topological polar surface area (TPSA) is 73.1 Å². The van der Waals surface area contributed by atoms with E-state index in [4.69, 9.17) is 4.74 Å². The van der Waals surface area contributed by atoms with Gasteiger partial charge in [-0.3, -0.25) is 4.79 Å². The minimum absolute atomic E-state index is 0.0535. The molecule has 3 rings (SSSR count). The first-order valence-electron chi connectivity index (χ1n) is 7.49. The monoisotopic (exact) mass is 319 g/mol. The first-order chi connectivity index (χ1) is 11.1. The molecule has 2 heterocycles. The van der Waals surface area contributed by atoms with Gasteiger partial charge in [0.15, 0.2) is 5.82 Å². The lowest BCUT2D eigenvalue weighted by molar-refractivity contribution is -0.139. The van der Waals surface area contributed by atoms with Gasteiger partial charge in [0.25, 0.3) is 0 Å². The van der Waals surface area contributed by atoms with Crippen LogP contribution in [0.15, 0.2) is 24.3 Å². The number of carbonyl (C=O) groups is 1. The van der Waals surface area contributed by atoms with Crippen LogP contribution in [-0.2, 0) is 23.0 Å². The minimum atomic E-state index is -0.307. The minimum Gasteiger partial charge on any atom is -0.366 e. The number of nitrogens with zero attached hydrogens (tertiary/aromatic N) is 5. The Balaban J connectivity index is 1.56. The summed E-state index contributed by atoms with van der Waals surface area (Å²) in [4.78, 5) is 14.1. The number of aromatic nitrogens is 4. The summed E-state index contributed by atoms with van der Waals surface area (Å²) in [7, 11) is 1.74. The third-order valence-electron chi connectivity index (χ3n) is 3.90. The molecule has 1 unspecified atom stereocenters. The lowest BCUT2D eigenvalue weighted by Gasteiger charge is -2.32. The molecule has 2 aromatic rings. The number of halogens is 1. The molecule has 0 N–H and O–H groups in total. The van der Waals surface area contributed by atoms with Gasteiger partial charge in [-0.1, -0.05) is 12.1 Å². The number of tetrazole rings is 1. The Kier molecular flexibility index (Phi) is 4.61. The van der Waals surface area contributed by atoms with Crippen LogP contribution in [-0.4, -0.2) is 50.7 Å². The molecule has 1 aromatic heterocycles. The molecule has 7 nitrogen and oxygen atoms in total. The van der Waals surface area contributed by atoms with E-state index in [9.17, 15) is 9.18 Å². The Hall–Kier alpha value is -2.35. The van der Waals surface area contributed by atoms with Crippen LogP contribution in [0.25, 0.3) is 0 Å². The Morgan fingerprint density at radius 2 is 2.17 bits per heavy atom. The van der Waals surface area contributed by atoms with E-state index in [1.165, 1.54) is 12.1 Å². The molecule has 0 radical (unpaired) electrons. The van der Waals surface area contributed by atoms with Crippen LogP contribution >= 0.6 is 0 Å². The average molecular weight is 319 g/mol. The number of hydrogen-bond acceptors (Lipinski definition) is 5. The zero-order valence-electron chi connectivity index (χ0n) is 12.9. The van der Waals surface area contributed by atoms with Crippen molar-refractivity contribution in [2.75, 3.05) is 19.7 Å². The van der Waals surface area contributed by atoms with Gasteiger partial charge in [-0.25, -0.2) is 9.07 Å². The Labute approximate surface area is 133 Å². The number of aryl methyl sites for hydroxylation is 2. The summed E-state index contributed by atoms with van der Waals surface area (Å²) < 4.78 is 20.1. The molecule has 1 atom stereocenters. The van der Waals surface area contributed by atoms with Crippen molar-refractivity contribution in [2.45, 2.75) is 18.9 Å². The number of rotatable bonds is 4. The molecule has 122 valence electrons. The van der Waals surface area contributed by atoms with E-state index in [0.717, 1.165) is 5.56 Å². The second-order valence-corrected chi connectivity index (χ2v) is 5.49. The van der Waals surface area contributed by atoms with Crippen molar-refractivity contribution in [1.29, 1.82) is 0 Å². The number of benzene rings is 1. The second-order valence-electron chi connectivity index (χ2n) is 5.49. The van der Waals surface area contributed by atoms with Gasteiger partial charge in [-0.15, -0.1) is 5.10 Å². The summed E-state index contributed by atoms with van der Waals surface area (Å²) in [6, 6.07) is 6.23. The maximum atomic E-state index is 12.9. The molecule has 0 bridgehead atoms. The molecule has 8 heteroatoms. The molecule has 0 saturated carbocycles. The van der Waals surface area contributed by atoms with Crippen LogP contribution in [0, 0.1) is 5.82 Å². The summed E-state index contributed by atoms with van der Waals surface area (Å²) in [5.74, 6) is 0.396. The van der Waals surface area contributed by atoms with Gasteiger partial charge in [0, 0.05) is 20.0 Å². The van der Waals surface area contributed by atoms with E-state index < -0.39 is 0 Å². The van der Waals surface area contributed by atoms with Gasteiger partial charge in [0.2, 0.25) is 5.91 Å². The smallest absolute Gasteiger partial charge is 0.223 e. The molecule has 0 spiro atoms.